The first-order valence-corrected chi connectivity index (χ1v) is 8.51. The fourth-order valence-corrected chi connectivity index (χ4v) is 2.42. The standard InChI is InChI=1S/C16H18F8N4O/c1-7(15(19,20)21)5-11-26-12(9-3-4-14(17,18)10(29)6-9)28-13(27-11)25-8(2)16(22,23)24/h6-8,10,29H,3-5H2,1-2H3,(H,25,26,27,28)/t7-,8?,10-/m0/s1. The molecule has 0 radical (unpaired) electrons. The number of hydrogen-bond acceptors (Lipinski definition) is 5. The number of anilines is 1. The van der Waals surface area contributed by atoms with E-state index in [9.17, 15) is 40.2 Å². The minimum atomic E-state index is -4.69. The van der Waals surface area contributed by atoms with E-state index in [0.29, 0.717) is 0 Å². The highest BCUT2D eigenvalue weighted by Gasteiger charge is 2.41. The van der Waals surface area contributed by atoms with Crippen molar-refractivity contribution >= 4 is 11.5 Å². The number of alkyl halides is 8. The van der Waals surface area contributed by atoms with Crippen LogP contribution in [0.1, 0.15) is 38.3 Å². The normalized spacial score (nSPS) is 22.0. The lowest BCUT2D eigenvalue weighted by atomic mass is 9.93. The maximum absolute atomic E-state index is 13.4. The summed E-state index contributed by atoms with van der Waals surface area (Å²) >= 11 is 0. The fraction of sp³-hybridized carbons (Fsp3) is 0.688. The van der Waals surface area contributed by atoms with E-state index < -0.39 is 61.0 Å². The third kappa shape index (κ3) is 5.97. The SMILES string of the molecule is CC(Nc1nc(C[C@H](C)C(F)(F)F)nc(C2=C[C@H](O)C(F)(F)CC2)n1)C(F)(F)F. The summed E-state index contributed by atoms with van der Waals surface area (Å²) in [6.07, 6.45) is -12.6. The lowest BCUT2D eigenvalue weighted by Crippen LogP contribution is -2.35. The Labute approximate surface area is 160 Å². The molecule has 1 heterocycles. The van der Waals surface area contributed by atoms with E-state index in [-0.39, 0.29) is 17.8 Å². The quantitative estimate of drug-likeness (QED) is 0.682. The Morgan fingerprint density at radius 1 is 1.10 bits per heavy atom. The van der Waals surface area contributed by atoms with Crippen LogP contribution >= 0.6 is 0 Å². The molecule has 0 saturated carbocycles. The highest BCUT2D eigenvalue weighted by atomic mass is 19.4. The fourth-order valence-electron chi connectivity index (χ4n) is 2.42. The van der Waals surface area contributed by atoms with Crippen molar-refractivity contribution < 1.29 is 40.2 Å². The van der Waals surface area contributed by atoms with Crippen molar-refractivity contribution in [3.8, 4) is 0 Å². The number of nitrogens with zero attached hydrogens (tertiary/aromatic N) is 3. The number of halogens is 8. The summed E-state index contributed by atoms with van der Waals surface area (Å²) in [6.45, 7) is 1.60. The summed E-state index contributed by atoms with van der Waals surface area (Å²) in [6, 6.07) is -2.12. The van der Waals surface area contributed by atoms with Crippen LogP contribution in [0.3, 0.4) is 0 Å². The zero-order valence-corrected chi connectivity index (χ0v) is 15.2. The highest BCUT2D eigenvalue weighted by Crippen LogP contribution is 2.36. The summed E-state index contributed by atoms with van der Waals surface area (Å²) in [5.41, 5.74) is -0.0190. The van der Waals surface area contributed by atoms with Crippen molar-refractivity contribution in [1.29, 1.82) is 0 Å². The number of aromatic nitrogens is 3. The molecule has 5 nitrogen and oxygen atoms in total. The van der Waals surface area contributed by atoms with Crippen LogP contribution in [0.5, 0.6) is 0 Å². The van der Waals surface area contributed by atoms with Gasteiger partial charge in [0, 0.05) is 12.8 Å². The van der Waals surface area contributed by atoms with Crippen LogP contribution in [0.25, 0.3) is 5.57 Å². The molecule has 2 N–H and O–H groups in total. The second-order valence-electron chi connectivity index (χ2n) is 6.85. The maximum atomic E-state index is 13.4. The molecule has 1 aliphatic rings. The van der Waals surface area contributed by atoms with Crippen molar-refractivity contribution in [3.05, 3.63) is 17.7 Å². The van der Waals surface area contributed by atoms with Gasteiger partial charge in [0.2, 0.25) is 5.95 Å². The molecule has 1 unspecified atom stereocenters. The summed E-state index contributed by atoms with van der Waals surface area (Å²) in [5.74, 6) is -6.77. The van der Waals surface area contributed by atoms with Gasteiger partial charge in [0.15, 0.2) is 5.82 Å². The first-order valence-electron chi connectivity index (χ1n) is 8.51. The minimum Gasteiger partial charge on any atom is -0.383 e. The molecule has 29 heavy (non-hydrogen) atoms. The molecular formula is C16H18F8N4O. The molecule has 0 aliphatic heterocycles. The van der Waals surface area contributed by atoms with E-state index in [1.165, 1.54) is 0 Å². The van der Waals surface area contributed by atoms with Crippen LogP contribution in [0.15, 0.2) is 6.08 Å². The van der Waals surface area contributed by atoms with Crippen molar-refractivity contribution in [2.75, 3.05) is 5.32 Å². The van der Waals surface area contributed by atoms with Crippen molar-refractivity contribution in [3.63, 3.8) is 0 Å². The largest absolute Gasteiger partial charge is 0.408 e. The van der Waals surface area contributed by atoms with E-state index in [1.807, 2.05) is 5.32 Å². The Kier molecular flexibility index (Phi) is 6.40. The van der Waals surface area contributed by atoms with Gasteiger partial charge in [-0.15, -0.1) is 0 Å². The van der Waals surface area contributed by atoms with Gasteiger partial charge in [-0.25, -0.2) is 13.8 Å². The predicted octanol–water partition coefficient (Wildman–Crippen LogP) is 4.15. The molecule has 1 aromatic heterocycles. The van der Waals surface area contributed by atoms with Gasteiger partial charge in [-0.1, -0.05) is 6.92 Å². The Morgan fingerprint density at radius 3 is 2.24 bits per heavy atom. The molecule has 0 saturated heterocycles. The average Bonchev–Trinajstić information content (AvgIpc) is 2.55. The van der Waals surface area contributed by atoms with Crippen molar-refractivity contribution in [2.24, 2.45) is 5.92 Å². The molecule has 0 aromatic carbocycles. The average molecular weight is 434 g/mol. The number of hydrogen-bond donors (Lipinski definition) is 2. The first-order chi connectivity index (χ1) is 13.1. The molecule has 13 heteroatoms. The molecule has 1 aliphatic carbocycles. The van der Waals surface area contributed by atoms with Crippen molar-refractivity contribution in [1.82, 2.24) is 15.0 Å². The smallest absolute Gasteiger partial charge is 0.383 e. The van der Waals surface area contributed by atoms with Gasteiger partial charge in [-0.05, 0) is 25.0 Å². The lowest BCUT2D eigenvalue weighted by molar-refractivity contribution is -0.169. The first kappa shape index (κ1) is 23.2. The summed E-state index contributed by atoms with van der Waals surface area (Å²) < 4.78 is 104. The number of rotatable bonds is 5. The Bertz CT molecular complexity index is 722. The maximum Gasteiger partial charge on any atom is 0.408 e. The second kappa shape index (κ2) is 8.00. The number of allylic oxidation sites excluding steroid dienone is 1. The summed E-state index contributed by atoms with van der Waals surface area (Å²) in [4.78, 5) is 11.1. The van der Waals surface area contributed by atoms with Crippen LogP contribution in [-0.4, -0.2) is 50.5 Å². The van der Waals surface area contributed by atoms with Crippen LogP contribution in [0.2, 0.25) is 0 Å². The third-order valence-corrected chi connectivity index (χ3v) is 4.37. The van der Waals surface area contributed by atoms with Crippen LogP contribution < -0.4 is 5.32 Å². The summed E-state index contributed by atoms with van der Waals surface area (Å²) in [5, 5.41) is 11.4. The van der Waals surface area contributed by atoms with Gasteiger partial charge in [-0.2, -0.15) is 36.3 Å². The number of aliphatic hydroxyl groups excluding tert-OH is 1. The number of aliphatic hydroxyl groups is 1. The van der Waals surface area contributed by atoms with Gasteiger partial charge >= 0.3 is 12.4 Å². The van der Waals surface area contributed by atoms with Crippen LogP contribution in [0, 0.1) is 5.92 Å². The highest BCUT2D eigenvalue weighted by molar-refractivity contribution is 5.62. The molecule has 2 rings (SSSR count). The van der Waals surface area contributed by atoms with Gasteiger partial charge in [-0.3, -0.25) is 0 Å². The van der Waals surface area contributed by atoms with E-state index in [1.54, 1.807) is 0 Å². The second-order valence-corrected chi connectivity index (χ2v) is 6.85. The third-order valence-electron chi connectivity index (χ3n) is 4.37. The topological polar surface area (TPSA) is 70.9 Å². The zero-order valence-electron chi connectivity index (χ0n) is 15.2. The van der Waals surface area contributed by atoms with Crippen molar-refractivity contribution in [2.45, 2.75) is 63.5 Å². The van der Waals surface area contributed by atoms with Gasteiger partial charge in [0.25, 0.3) is 5.92 Å². The molecule has 0 spiro atoms. The van der Waals surface area contributed by atoms with Crippen LogP contribution in [-0.2, 0) is 6.42 Å². The van der Waals surface area contributed by atoms with Gasteiger partial charge in [0.05, 0.1) is 5.92 Å². The number of nitrogens with one attached hydrogen (secondary N) is 1. The Hall–Kier alpha value is -2.05. The molecule has 1 aromatic rings. The molecular weight excluding hydrogens is 416 g/mol. The molecule has 3 atom stereocenters. The van der Waals surface area contributed by atoms with Gasteiger partial charge < -0.3 is 10.4 Å². The van der Waals surface area contributed by atoms with E-state index in [2.05, 4.69) is 15.0 Å². The minimum absolute atomic E-state index is 0.0190. The van der Waals surface area contributed by atoms with Crippen LogP contribution in [0.4, 0.5) is 41.1 Å². The molecule has 0 bridgehead atoms. The molecule has 164 valence electrons. The monoisotopic (exact) mass is 434 g/mol. The van der Waals surface area contributed by atoms with E-state index in [4.69, 9.17) is 0 Å². The Morgan fingerprint density at radius 2 is 1.72 bits per heavy atom. The predicted molar refractivity (Wildman–Crippen MR) is 86.1 cm³/mol. The van der Waals surface area contributed by atoms with Gasteiger partial charge in [0.1, 0.15) is 18.0 Å². The zero-order chi connectivity index (χ0) is 22.2. The lowest BCUT2D eigenvalue weighted by Gasteiger charge is -2.26. The van der Waals surface area contributed by atoms with E-state index >= 15 is 0 Å². The molecule has 0 amide bonds. The molecule has 0 fully saturated rings. The Balaban J connectivity index is 2.42. The summed E-state index contributed by atoms with van der Waals surface area (Å²) in [7, 11) is 0. The van der Waals surface area contributed by atoms with E-state index in [0.717, 1.165) is 19.9 Å².